The fourth-order valence-electron chi connectivity index (χ4n) is 2.64. The Kier molecular flexibility index (Phi) is 2.81. The van der Waals surface area contributed by atoms with E-state index in [0.29, 0.717) is 11.5 Å². The van der Waals surface area contributed by atoms with Crippen molar-refractivity contribution in [3.05, 3.63) is 18.0 Å². The van der Waals surface area contributed by atoms with Gasteiger partial charge in [0.1, 0.15) is 5.82 Å². The first-order chi connectivity index (χ1) is 9.15. The normalized spacial score (nSPS) is 22.8. The van der Waals surface area contributed by atoms with Gasteiger partial charge in [-0.2, -0.15) is 4.52 Å². The van der Waals surface area contributed by atoms with E-state index in [1.807, 2.05) is 19.1 Å². The second kappa shape index (κ2) is 4.49. The van der Waals surface area contributed by atoms with Gasteiger partial charge in [-0.15, -0.1) is 15.3 Å². The Morgan fingerprint density at radius 3 is 3.05 bits per heavy atom. The summed E-state index contributed by atoms with van der Waals surface area (Å²) < 4.78 is 1.68. The number of aromatic nitrogens is 4. The van der Waals surface area contributed by atoms with E-state index in [1.165, 1.54) is 0 Å². The van der Waals surface area contributed by atoms with Crippen LogP contribution in [-0.2, 0) is 4.79 Å². The van der Waals surface area contributed by atoms with E-state index >= 15 is 0 Å². The van der Waals surface area contributed by atoms with Crippen LogP contribution in [-0.4, -0.2) is 31.8 Å². The topological polar surface area (TPSA) is 98.2 Å². The van der Waals surface area contributed by atoms with E-state index < -0.39 is 0 Å². The number of rotatable bonds is 3. The minimum atomic E-state index is -0.239. The number of fused-ring (bicyclic) bond motifs is 1. The van der Waals surface area contributed by atoms with Crippen LogP contribution < -0.4 is 11.1 Å². The zero-order valence-corrected chi connectivity index (χ0v) is 10.7. The van der Waals surface area contributed by atoms with Crippen molar-refractivity contribution in [2.75, 3.05) is 5.32 Å². The Bertz CT molecular complexity index is 622. The number of hydrogen-bond donors (Lipinski definition) is 2. The maximum atomic E-state index is 11.4. The third kappa shape index (κ3) is 2.11. The van der Waals surface area contributed by atoms with Crippen molar-refractivity contribution < 1.29 is 4.79 Å². The standard InChI is InChI=1S/C12H16N6O/c1-7-15-16-11-6-5-10(17-18(7)11)14-9-4-2-3-8(9)12(13)19/h5-6,8-9H,2-4H2,1H3,(H2,13,19)(H,14,17)/t8-,9+/m1/s1. The molecule has 1 aliphatic rings. The highest BCUT2D eigenvalue weighted by molar-refractivity contribution is 5.78. The number of nitrogens with two attached hydrogens (primary N) is 1. The molecule has 0 aliphatic heterocycles. The molecule has 0 saturated heterocycles. The molecule has 0 bridgehead atoms. The number of nitrogens with zero attached hydrogens (tertiary/aromatic N) is 4. The summed E-state index contributed by atoms with van der Waals surface area (Å²) in [6.45, 7) is 1.85. The number of aryl methyl sites for hydroxylation is 1. The summed E-state index contributed by atoms with van der Waals surface area (Å²) in [4.78, 5) is 11.4. The smallest absolute Gasteiger partial charge is 0.222 e. The van der Waals surface area contributed by atoms with Gasteiger partial charge in [-0.25, -0.2) is 0 Å². The molecule has 1 amide bonds. The summed E-state index contributed by atoms with van der Waals surface area (Å²) >= 11 is 0. The SMILES string of the molecule is Cc1nnc2ccc(N[C@H]3CCC[C@H]3C(N)=O)nn12. The molecule has 3 rings (SSSR count). The number of carbonyl (C=O) groups is 1. The highest BCUT2D eigenvalue weighted by atomic mass is 16.1. The summed E-state index contributed by atoms with van der Waals surface area (Å²) in [5.74, 6) is 1.10. The molecule has 100 valence electrons. The van der Waals surface area contributed by atoms with Crippen molar-refractivity contribution in [2.24, 2.45) is 11.7 Å². The Balaban J connectivity index is 1.84. The quantitative estimate of drug-likeness (QED) is 0.837. The molecular weight excluding hydrogens is 244 g/mol. The zero-order valence-electron chi connectivity index (χ0n) is 10.7. The minimum Gasteiger partial charge on any atom is -0.369 e. The van der Waals surface area contributed by atoms with Crippen molar-refractivity contribution in [1.82, 2.24) is 19.8 Å². The Morgan fingerprint density at radius 2 is 2.26 bits per heavy atom. The van der Waals surface area contributed by atoms with E-state index in [0.717, 1.165) is 25.1 Å². The van der Waals surface area contributed by atoms with Gasteiger partial charge in [0.05, 0.1) is 5.92 Å². The lowest BCUT2D eigenvalue weighted by Crippen LogP contribution is -2.34. The fraction of sp³-hybridized carbons (Fsp3) is 0.500. The number of amides is 1. The minimum absolute atomic E-state index is 0.0687. The number of primary amides is 1. The molecule has 19 heavy (non-hydrogen) atoms. The average Bonchev–Trinajstić information content (AvgIpc) is 2.98. The van der Waals surface area contributed by atoms with Crippen molar-refractivity contribution in [3.63, 3.8) is 0 Å². The van der Waals surface area contributed by atoms with Crippen molar-refractivity contribution >= 4 is 17.4 Å². The second-order valence-corrected chi connectivity index (χ2v) is 4.93. The summed E-state index contributed by atoms with van der Waals surface area (Å²) in [5.41, 5.74) is 6.12. The van der Waals surface area contributed by atoms with Gasteiger partial charge in [-0.1, -0.05) is 6.42 Å². The largest absolute Gasteiger partial charge is 0.369 e. The molecule has 0 spiro atoms. The molecule has 0 aromatic carbocycles. The van der Waals surface area contributed by atoms with Crippen LogP contribution in [0.3, 0.4) is 0 Å². The van der Waals surface area contributed by atoms with Crippen molar-refractivity contribution in [2.45, 2.75) is 32.2 Å². The van der Waals surface area contributed by atoms with Gasteiger partial charge in [-0.3, -0.25) is 4.79 Å². The van der Waals surface area contributed by atoms with Crippen LogP contribution in [0.15, 0.2) is 12.1 Å². The van der Waals surface area contributed by atoms with Gasteiger partial charge in [0.25, 0.3) is 0 Å². The first kappa shape index (κ1) is 11.9. The summed E-state index contributed by atoms with van der Waals surface area (Å²) in [6, 6.07) is 3.77. The summed E-state index contributed by atoms with van der Waals surface area (Å²) in [5, 5.41) is 15.7. The van der Waals surface area contributed by atoms with Crippen LogP contribution in [0.25, 0.3) is 5.65 Å². The van der Waals surface area contributed by atoms with E-state index in [9.17, 15) is 4.79 Å². The molecular formula is C12H16N6O. The third-order valence-electron chi connectivity index (χ3n) is 3.63. The van der Waals surface area contributed by atoms with E-state index in [-0.39, 0.29) is 17.9 Å². The van der Waals surface area contributed by atoms with E-state index in [1.54, 1.807) is 4.52 Å². The number of nitrogens with one attached hydrogen (secondary N) is 1. The molecule has 1 fully saturated rings. The van der Waals surface area contributed by atoms with Gasteiger partial charge in [0.2, 0.25) is 5.91 Å². The fourth-order valence-corrected chi connectivity index (χ4v) is 2.64. The lowest BCUT2D eigenvalue weighted by molar-refractivity contribution is -0.121. The van der Waals surface area contributed by atoms with Gasteiger partial charge in [0, 0.05) is 6.04 Å². The van der Waals surface area contributed by atoms with Crippen LogP contribution in [0, 0.1) is 12.8 Å². The zero-order chi connectivity index (χ0) is 13.4. The highest BCUT2D eigenvalue weighted by Gasteiger charge is 2.31. The molecule has 2 heterocycles. The lowest BCUT2D eigenvalue weighted by Gasteiger charge is -2.18. The molecule has 3 N–H and O–H groups in total. The van der Waals surface area contributed by atoms with Gasteiger partial charge in [0.15, 0.2) is 11.5 Å². The third-order valence-corrected chi connectivity index (χ3v) is 3.63. The molecule has 2 aromatic heterocycles. The van der Waals surface area contributed by atoms with Crippen LogP contribution in [0.5, 0.6) is 0 Å². The van der Waals surface area contributed by atoms with Crippen LogP contribution in [0.1, 0.15) is 25.1 Å². The summed E-state index contributed by atoms with van der Waals surface area (Å²) in [7, 11) is 0. The first-order valence-corrected chi connectivity index (χ1v) is 6.40. The highest BCUT2D eigenvalue weighted by Crippen LogP contribution is 2.27. The molecule has 1 aliphatic carbocycles. The monoisotopic (exact) mass is 260 g/mol. The van der Waals surface area contributed by atoms with Gasteiger partial charge < -0.3 is 11.1 Å². The molecule has 2 atom stereocenters. The predicted octanol–water partition coefficient (Wildman–Crippen LogP) is 0.499. The van der Waals surface area contributed by atoms with Crippen LogP contribution >= 0.6 is 0 Å². The van der Waals surface area contributed by atoms with E-state index in [2.05, 4.69) is 20.6 Å². The molecule has 0 unspecified atom stereocenters. The van der Waals surface area contributed by atoms with Gasteiger partial charge >= 0.3 is 0 Å². The van der Waals surface area contributed by atoms with Gasteiger partial charge in [-0.05, 0) is 31.9 Å². The number of anilines is 1. The number of carbonyl (C=O) groups excluding carboxylic acids is 1. The molecule has 1 saturated carbocycles. The maximum Gasteiger partial charge on any atom is 0.222 e. The summed E-state index contributed by atoms with van der Waals surface area (Å²) in [6.07, 6.45) is 2.80. The Labute approximate surface area is 110 Å². The molecule has 7 nitrogen and oxygen atoms in total. The van der Waals surface area contributed by atoms with Crippen LogP contribution in [0.4, 0.5) is 5.82 Å². The lowest BCUT2D eigenvalue weighted by atomic mass is 10.0. The second-order valence-electron chi connectivity index (χ2n) is 4.93. The first-order valence-electron chi connectivity index (χ1n) is 6.40. The van der Waals surface area contributed by atoms with Crippen LogP contribution in [0.2, 0.25) is 0 Å². The Morgan fingerprint density at radius 1 is 1.42 bits per heavy atom. The number of hydrogen-bond acceptors (Lipinski definition) is 5. The maximum absolute atomic E-state index is 11.4. The van der Waals surface area contributed by atoms with Crippen molar-refractivity contribution in [3.8, 4) is 0 Å². The average molecular weight is 260 g/mol. The van der Waals surface area contributed by atoms with E-state index in [4.69, 9.17) is 5.73 Å². The molecule has 7 heteroatoms. The molecule has 2 aromatic rings. The van der Waals surface area contributed by atoms with Crippen molar-refractivity contribution in [1.29, 1.82) is 0 Å². The predicted molar refractivity (Wildman–Crippen MR) is 69.5 cm³/mol. The Hall–Kier alpha value is -2.18. The molecule has 0 radical (unpaired) electrons.